The SMILES string of the molecule is C#CCNC(=O)c1ccccc1NC(=O)c1cc(Cl)c(OCC)c(OC)c1. The summed E-state index contributed by atoms with van der Waals surface area (Å²) >= 11 is 6.21. The molecule has 0 bridgehead atoms. The molecule has 0 atom stereocenters. The van der Waals surface area contributed by atoms with Gasteiger partial charge >= 0.3 is 0 Å². The summed E-state index contributed by atoms with van der Waals surface area (Å²) in [5.41, 5.74) is 0.908. The molecule has 0 heterocycles. The molecule has 7 heteroatoms. The predicted octanol–water partition coefficient (Wildman–Crippen LogP) is 3.36. The summed E-state index contributed by atoms with van der Waals surface area (Å²) in [5, 5.41) is 5.53. The smallest absolute Gasteiger partial charge is 0.255 e. The first-order valence-electron chi connectivity index (χ1n) is 8.14. The Morgan fingerprint density at radius 3 is 2.63 bits per heavy atom. The predicted molar refractivity (Wildman–Crippen MR) is 105 cm³/mol. The molecule has 27 heavy (non-hydrogen) atoms. The van der Waals surface area contributed by atoms with Gasteiger partial charge in [-0.05, 0) is 31.2 Å². The molecule has 2 N–H and O–H groups in total. The first-order chi connectivity index (χ1) is 13.0. The van der Waals surface area contributed by atoms with E-state index in [1.165, 1.54) is 19.2 Å². The quantitative estimate of drug-likeness (QED) is 0.715. The fourth-order valence-corrected chi connectivity index (χ4v) is 2.61. The van der Waals surface area contributed by atoms with E-state index >= 15 is 0 Å². The number of hydrogen-bond acceptors (Lipinski definition) is 4. The third-order valence-corrected chi connectivity index (χ3v) is 3.83. The maximum Gasteiger partial charge on any atom is 0.255 e. The largest absolute Gasteiger partial charge is 0.493 e. The summed E-state index contributed by atoms with van der Waals surface area (Å²) in [7, 11) is 1.46. The first kappa shape index (κ1) is 20.1. The molecule has 2 aromatic carbocycles. The van der Waals surface area contributed by atoms with Gasteiger partial charge < -0.3 is 20.1 Å². The van der Waals surface area contributed by atoms with Crippen molar-refractivity contribution in [2.45, 2.75) is 6.92 Å². The average molecular weight is 387 g/mol. The number of nitrogens with one attached hydrogen (secondary N) is 2. The molecule has 2 amide bonds. The minimum absolute atomic E-state index is 0.0901. The average Bonchev–Trinajstić information content (AvgIpc) is 2.67. The molecule has 0 aliphatic carbocycles. The summed E-state index contributed by atoms with van der Waals surface area (Å²) in [5.74, 6) is 2.21. The summed E-state index contributed by atoms with van der Waals surface area (Å²) in [6.45, 7) is 2.31. The van der Waals surface area contributed by atoms with Gasteiger partial charge in [-0.2, -0.15) is 0 Å². The van der Waals surface area contributed by atoms with Gasteiger partial charge in [0, 0.05) is 5.56 Å². The summed E-state index contributed by atoms with van der Waals surface area (Å²) < 4.78 is 10.7. The fourth-order valence-electron chi connectivity index (χ4n) is 2.35. The zero-order valence-electron chi connectivity index (χ0n) is 15.0. The fraction of sp³-hybridized carbons (Fsp3) is 0.200. The zero-order valence-corrected chi connectivity index (χ0v) is 15.7. The van der Waals surface area contributed by atoms with Crippen molar-refractivity contribution in [2.24, 2.45) is 0 Å². The lowest BCUT2D eigenvalue weighted by molar-refractivity contribution is 0.0959. The van der Waals surface area contributed by atoms with Gasteiger partial charge in [0.1, 0.15) is 0 Å². The Morgan fingerprint density at radius 2 is 1.96 bits per heavy atom. The standard InChI is InChI=1S/C20H19ClN2O4/c1-4-10-22-20(25)14-8-6-7-9-16(14)23-19(24)13-11-15(21)18(27-5-2)17(12-13)26-3/h1,6-9,11-12H,5,10H2,2-3H3,(H,22,25)(H,23,24). The Balaban J connectivity index is 2.29. The molecule has 140 valence electrons. The number of ether oxygens (including phenoxy) is 2. The highest BCUT2D eigenvalue weighted by Gasteiger charge is 2.18. The van der Waals surface area contributed by atoms with Crippen LogP contribution in [0.2, 0.25) is 5.02 Å². The second kappa shape index (κ2) is 9.51. The lowest BCUT2D eigenvalue weighted by Crippen LogP contribution is -2.25. The van der Waals surface area contributed by atoms with Crippen molar-refractivity contribution in [3.63, 3.8) is 0 Å². The highest BCUT2D eigenvalue weighted by molar-refractivity contribution is 6.32. The molecule has 2 aromatic rings. The molecule has 6 nitrogen and oxygen atoms in total. The monoisotopic (exact) mass is 386 g/mol. The van der Waals surface area contributed by atoms with Gasteiger partial charge in [0.05, 0.1) is 36.5 Å². The van der Waals surface area contributed by atoms with E-state index in [0.29, 0.717) is 29.4 Å². The van der Waals surface area contributed by atoms with Crippen molar-refractivity contribution in [1.29, 1.82) is 0 Å². The second-order valence-electron chi connectivity index (χ2n) is 5.31. The molecular formula is C20H19ClN2O4. The molecule has 0 aliphatic heterocycles. The molecular weight excluding hydrogens is 368 g/mol. The molecule has 0 radical (unpaired) electrons. The van der Waals surface area contributed by atoms with Crippen LogP contribution in [0, 0.1) is 12.3 Å². The van der Waals surface area contributed by atoms with Crippen molar-refractivity contribution in [2.75, 3.05) is 25.6 Å². The van der Waals surface area contributed by atoms with Crippen molar-refractivity contribution < 1.29 is 19.1 Å². The number of rotatable bonds is 7. The normalized spacial score (nSPS) is 9.85. The number of hydrogen-bond donors (Lipinski definition) is 2. The van der Waals surface area contributed by atoms with Crippen LogP contribution in [0.15, 0.2) is 36.4 Å². The van der Waals surface area contributed by atoms with E-state index in [2.05, 4.69) is 16.6 Å². The van der Waals surface area contributed by atoms with Crippen molar-refractivity contribution in [3.8, 4) is 23.8 Å². The Morgan fingerprint density at radius 1 is 1.22 bits per heavy atom. The van der Waals surface area contributed by atoms with Gasteiger partial charge in [-0.3, -0.25) is 9.59 Å². The van der Waals surface area contributed by atoms with E-state index in [1.807, 2.05) is 6.92 Å². The number of carbonyl (C=O) groups is 2. The van der Waals surface area contributed by atoms with Gasteiger partial charge in [-0.1, -0.05) is 29.7 Å². The molecule has 0 unspecified atom stereocenters. The molecule has 2 rings (SSSR count). The molecule has 0 aromatic heterocycles. The lowest BCUT2D eigenvalue weighted by atomic mass is 10.1. The van der Waals surface area contributed by atoms with Crippen LogP contribution in [0.5, 0.6) is 11.5 Å². The number of carbonyl (C=O) groups excluding carboxylic acids is 2. The maximum absolute atomic E-state index is 12.7. The van der Waals surface area contributed by atoms with Crippen LogP contribution in [0.3, 0.4) is 0 Å². The molecule has 0 spiro atoms. The number of terminal acetylenes is 1. The number of halogens is 1. The second-order valence-corrected chi connectivity index (χ2v) is 5.72. The topological polar surface area (TPSA) is 76.7 Å². The number of amides is 2. The van der Waals surface area contributed by atoms with Crippen LogP contribution in [-0.2, 0) is 0 Å². The van der Waals surface area contributed by atoms with Crippen molar-refractivity contribution >= 4 is 29.1 Å². The third-order valence-electron chi connectivity index (χ3n) is 3.55. The van der Waals surface area contributed by atoms with E-state index in [4.69, 9.17) is 27.5 Å². The Hall–Kier alpha value is -3.17. The van der Waals surface area contributed by atoms with Crippen LogP contribution in [0.1, 0.15) is 27.6 Å². The molecule has 0 fully saturated rings. The number of para-hydroxylation sites is 1. The Kier molecular flexibility index (Phi) is 7.09. The molecule has 0 saturated heterocycles. The van der Waals surface area contributed by atoms with E-state index in [1.54, 1.807) is 24.3 Å². The maximum atomic E-state index is 12.7. The van der Waals surface area contributed by atoms with Crippen LogP contribution >= 0.6 is 11.6 Å². The van der Waals surface area contributed by atoms with Crippen molar-refractivity contribution in [3.05, 3.63) is 52.5 Å². The van der Waals surface area contributed by atoms with Crippen molar-refractivity contribution in [1.82, 2.24) is 5.32 Å². The summed E-state index contributed by atoms with van der Waals surface area (Å²) in [6.07, 6.45) is 5.16. The first-order valence-corrected chi connectivity index (χ1v) is 8.52. The van der Waals surface area contributed by atoms with Crippen LogP contribution in [-0.4, -0.2) is 32.1 Å². The third kappa shape index (κ3) is 4.93. The van der Waals surface area contributed by atoms with Gasteiger partial charge in [-0.15, -0.1) is 6.42 Å². The van der Waals surface area contributed by atoms with E-state index in [0.717, 1.165) is 0 Å². The summed E-state index contributed by atoms with van der Waals surface area (Å²) in [4.78, 5) is 24.9. The van der Waals surface area contributed by atoms with Gasteiger partial charge in [0.25, 0.3) is 11.8 Å². The molecule has 0 saturated carbocycles. The lowest BCUT2D eigenvalue weighted by Gasteiger charge is -2.14. The molecule has 0 aliphatic rings. The van der Waals surface area contributed by atoms with E-state index < -0.39 is 5.91 Å². The van der Waals surface area contributed by atoms with E-state index in [-0.39, 0.29) is 23.0 Å². The van der Waals surface area contributed by atoms with Crippen LogP contribution in [0.25, 0.3) is 0 Å². The van der Waals surface area contributed by atoms with E-state index in [9.17, 15) is 9.59 Å². The van der Waals surface area contributed by atoms with Gasteiger partial charge in [-0.25, -0.2) is 0 Å². The van der Waals surface area contributed by atoms with Gasteiger partial charge in [0.2, 0.25) is 0 Å². The highest BCUT2D eigenvalue weighted by Crippen LogP contribution is 2.36. The van der Waals surface area contributed by atoms with Crippen LogP contribution in [0.4, 0.5) is 5.69 Å². The zero-order chi connectivity index (χ0) is 19.8. The van der Waals surface area contributed by atoms with Gasteiger partial charge in [0.15, 0.2) is 11.5 Å². The Bertz CT molecular complexity index is 890. The minimum atomic E-state index is -0.449. The number of benzene rings is 2. The number of methoxy groups -OCH3 is 1. The summed E-state index contributed by atoms with van der Waals surface area (Å²) in [6, 6.07) is 9.61. The minimum Gasteiger partial charge on any atom is -0.493 e. The Labute approximate surface area is 162 Å². The van der Waals surface area contributed by atoms with Crippen LogP contribution < -0.4 is 20.1 Å². The highest BCUT2D eigenvalue weighted by atomic mass is 35.5. The number of anilines is 1.